The van der Waals surface area contributed by atoms with Crippen LogP contribution < -0.4 is 4.74 Å². The fourth-order valence-electron chi connectivity index (χ4n) is 1.79. The minimum absolute atomic E-state index is 0.133. The highest BCUT2D eigenvalue weighted by atomic mass is 79.9. The predicted molar refractivity (Wildman–Crippen MR) is 77.9 cm³/mol. The number of benzene rings is 2. The lowest BCUT2D eigenvalue weighted by atomic mass is 10.2. The molecule has 0 heterocycles. The van der Waals surface area contributed by atoms with Gasteiger partial charge in [-0.05, 0) is 25.1 Å². The Kier molecular flexibility index (Phi) is 4.54. The predicted octanol–water partition coefficient (Wildman–Crippen LogP) is 4.09. The summed E-state index contributed by atoms with van der Waals surface area (Å²) >= 11 is 3.26. The van der Waals surface area contributed by atoms with Crippen molar-refractivity contribution in [2.24, 2.45) is 0 Å². The third kappa shape index (κ3) is 3.37. The summed E-state index contributed by atoms with van der Waals surface area (Å²) < 4.78 is 20.1. The highest BCUT2D eigenvalue weighted by Crippen LogP contribution is 2.33. The van der Waals surface area contributed by atoms with E-state index >= 15 is 0 Å². The fraction of sp³-hybridized carbons (Fsp3) is 0.143. The molecule has 0 aliphatic carbocycles. The number of hydrogen-bond acceptors (Lipinski definition) is 4. The lowest BCUT2D eigenvalue weighted by molar-refractivity contribution is -0.385. The van der Waals surface area contributed by atoms with E-state index in [1.165, 1.54) is 13.0 Å². The van der Waals surface area contributed by atoms with Crippen LogP contribution >= 0.6 is 15.9 Å². The van der Waals surface area contributed by atoms with Crippen LogP contribution in [-0.2, 0) is 6.61 Å². The van der Waals surface area contributed by atoms with E-state index in [1.807, 2.05) is 0 Å². The Morgan fingerprint density at radius 1 is 1.33 bits per heavy atom. The average Bonchev–Trinajstić information content (AvgIpc) is 2.42. The Labute approximate surface area is 128 Å². The zero-order valence-corrected chi connectivity index (χ0v) is 12.6. The van der Waals surface area contributed by atoms with Crippen molar-refractivity contribution in [3.63, 3.8) is 0 Å². The van der Waals surface area contributed by atoms with E-state index in [9.17, 15) is 19.6 Å². The Hall–Kier alpha value is -1.99. The van der Waals surface area contributed by atoms with Gasteiger partial charge in [0.2, 0.25) is 0 Å². The molecule has 0 aliphatic rings. The van der Waals surface area contributed by atoms with Crippen molar-refractivity contribution < 1.29 is 19.2 Å². The van der Waals surface area contributed by atoms with Crippen molar-refractivity contribution in [1.82, 2.24) is 0 Å². The van der Waals surface area contributed by atoms with E-state index in [2.05, 4.69) is 15.9 Å². The molecule has 5 nitrogen and oxygen atoms in total. The molecular weight excluding hydrogens is 345 g/mol. The summed E-state index contributed by atoms with van der Waals surface area (Å²) in [6.45, 7) is 1.23. The monoisotopic (exact) mass is 355 g/mol. The van der Waals surface area contributed by atoms with Crippen LogP contribution in [0.5, 0.6) is 11.5 Å². The summed E-state index contributed by atoms with van der Waals surface area (Å²) in [5.74, 6) is -0.693. The highest BCUT2D eigenvalue weighted by molar-refractivity contribution is 9.10. The van der Waals surface area contributed by atoms with E-state index in [1.54, 1.807) is 18.2 Å². The third-order valence-corrected chi connectivity index (χ3v) is 3.36. The largest absolute Gasteiger partial charge is 0.454 e. The second-order valence-corrected chi connectivity index (χ2v) is 5.25. The Morgan fingerprint density at radius 3 is 2.67 bits per heavy atom. The Balaban J connectivity index is 2.43. The molecule has 0 bridgehead atoms. The van der Waals surface area contributed by atoms with E-state index in [0.717, 1.165) is 6.07 Å². The maximum absolute atomic E-state index is 13.9. The summed E-state index contributed by atoms with van der Waals surface area (Å²) in [6, 6.07) is 7.02. The first-order valence-corrected chi connectivity index (χ1v) is 6.73. The van der Waals surface area contributed by atoms with Crippen molar-refractivity contribution in [2.75, 3.05) is 0 Å². The van der Waals surface area contributed by atoms with Crippen LogP contribution in [0.4, 0.5) is 10.1 Å². The highest BCUT2D eigenvalue weighted by Gasteiger charge is 2.17. The molecule has 2 aromatic carbocycles. The van der Waals surface area contributed by atoms with Gasteiger partial charge in [-0.3, -0.25) is 10.1 Å². The molecule has 0 radical (unpaired) electrons. The number of aryl methyl sites for hydroxylation is 1. The summed E-state index contributed by atoms with van der Waals surface area (Å²) in [4.78, 5) is 10.1. The molecule has 0 aromatic heterocycles. The molecule has 0 unspecified atom stereocenters. The second-order valence-electron chi connectivity index (χ2n) is 4.34. The maximum Gasteiger partial charge on any atom is 0.275 e. The first-order valence-electron chi connectivity index (χ1n) is 5.94. The first-order chi connectivity index (χ1) is 9.92. The number of aliphatic hydroxyl groups is 1. The third-order valence-electron chi connectivity index (χ3n) is 2.87. The van der Waals surface area contributed by atoms with Crippen molar-refractivity contribution in [1.29, 1.82) is 0 Å². The van der Waals surface area contributed by atoms with Gasteiger partial charge in [-0.2, -0.15) is 0 Å². The minimum Gasteiger partial charge on any atom is -0.454 e. The topological polar surface area (TPSA) is 72.6 Å². The quantitative estimate of drug-likeness (QED) is 0.662. The SMILES string of the molecule is Cc1cc(Oc2cc(Br)ccc2CO)c(F)cc1[N+](=O)[O-]. The molecule has 0 saturated heterocycles. The van der Waals surface area contributed by atoms with E-state index < -0.39 is 10.7 Å². The van der Waals surface area contributed by atoms with Crippen LogP contribution in [-0.4, -0.2) is 10.0 Å². The molecule has 110 valence electrons. The van der Waals surface area contributed by atoms with Crippen LogP contribution in [0, 0.1) is 22.9 Å². The Morgan fingerprint density at radius 2 is 2.05 bits per heavy atom. The molecule has 7 heteroatoms. The van der Waals surface area contributed by atoms with E-state index in [4.69, 9.17) is 4.74 Å². The van der Waals surface area contributed by atoms with Gasteiger partial charge in [0.25, 0.3) is 5.69 Å². The smallest absolute Gasteiger partial charge is 0.275 e. The molecule has 0 saturated carbocycles. The standard InChI is InChI=1S/C14H11BrFNO4/c1-8-4-14(11(16)6-12(8)17(19)20)21-13-5-10(15)3-2-9(13)7-18/h2-6,18H,7H2,1H3. The number of nitro groups is 1. The van der Waals surface area contributed by atoms with Gasteiger partial charge >= 0.3 is 0 Å². The van der Waals surface area contributed by atoms with Crippen LogP contribution in [0.25, 0.3) is 0 Å². The molecule has 2 rings (SSSR count). The lowest BCUT2D eigenvalue weighted by Gasteiger charge is -2.11. The zero-order valence-electron chi connectivity index (χ0n) is 11.0. The molecule has 0 aliphatic heterocycles. The Bertz CT molecular complexity index is 706. The number of nitro benzene ring substituents is 1. The molecule has 0 atom stereocenters. The first kappa shape index (κ1) is 15.4. The zero-order chi connectivity index (χ0) is 15.6. The van der Waals surface area contributed by atoms with Gasteiger partial charge in [0.1, 0.15) is 5.75 Å². The van der Waals surface area contributed by atoms with Gasteiger partial charge in [0, 0.05) is 15.6 Å². The van der Waals surface area contributed by atoms with Crippen LogP contribution in [0.1, 0.15) is 11.1 Å². The number of nitrogens with zero attached hydrogens (tertiary/aromatic N) is 1. The normalized spacial score (nSPS) is 10.5. The molecular formula is C14H11BrFNO4. The van der Waals surface area contributed by atoms with Crippen LogP contribution in [0.2, 0.25) is 0 Å². The summed E-state index contributed by atoms with van der Waals surface area (Å²) in [7, 11) is 0. The minimum atomic E-state index is -0.837. The van der Waals surface area contributed by atoms with Gasteiger partial charge in [-0.25, -0.2) is 4.39 Å². The summed E-state index contributed by atoms with van der Waals surface area (Å²) in [5.41, 5.74) is 0.460. The van der Waals surface area contributed by atoms with Crippen LogP contribution in [0.3, 0.4) is 0 Å². The second kappa shape index (κ2) is 6.19. The summed E-state index contributed by atoms with van der Waals surface area (Å²) in [5, 5.41) is 20.0. The average molecular weight is 356 g/mol. The number of aliphatic hydroxyl groups excluding tert-OH is 1. The maximum atomic E-state index is 13.9. The van der Waals surface area contributed by atoms with Crippen LogP contribution in [0.15, 0.2) is 34.8 Å². The molecule has 21 heavy (non-hydrogen) atoms. The number of hydrogen-bond donors (Lipinski definition) is 1. The molecule has 0 fully saturated rings. The van der Waals surface area contributed by atoms with Crippen molar-refractivity contribution in [2.45, 2.75) is 13.5 Å². The van der Waals surface area contributed by atoms with Crippen molar-refractivity contribution in [3.8, 4) is 11.5 Å². The number of halogens is 2. The van der Waals surface area contributed by atoms with Crippen molar-refractivity contribution in [3.05, 3.63) is 61.9 Å². The molecule has 2 aromatic rings. The lowest BCUT2D eigenvalue weighted by Crippen LogP contribution is -1.97. The molecule has 1 N–H and O–H groups in total. The van der Waals surface area contributed by atoms with Gasteiger partial charge < -0.3 is 9.84 Å². The van der Waals surface area contributed by atoms with Gasteiger partial charge in [-0.1, -0.05) is 22.0 Å². The van der Waals surface area contributed by atoms with Gasteiger partial charge in [0.05, 0.1) is 17.6 Å². The van der Waals surface area contributed by atoms with Crippen molar-refractivity contribution >= 4 is 21.6 Å². The molecule has 0 spiro atoms. The van der Waals surface area contributed by atoms with E-state index in [-0.39, 0.29) is 29.4 Å². The van der Waals surface area contributed by atoms with Gasteiger partial charge in [0.15, 0.2) is 11.6 Å². The summed E-state index contributed by atoms with van der Waals surface area (Å²) in [6.07, 6.45) is 0. The number of rotatable bonds is 4. The fourth-order valence-corrected chi connectivity index (χ4v) is 2.13. The number of ether oxygens (including phenoxy) is 1. The molecule has 0 amide bonds. The van der Waals surface area contributed by atoms with E-state index in [0.29, 0.717) is 10.0 Å². The van der Waals surface area contributed by atoms with Gasteiger partial charge in [-0.15, -0.1) is 0 Å².